The molecule has 0 unspecified atom stereocenters. The van der Waals surface area contributed by atoms with Crippen LogP contribution in [0.2, 0.25) is 0 Å². The van der Waals surface area contributed by atoms with Crippen molar-refractivity contribution in [2.75, 3.05) is 5.32 Å². The van der Waals surface area contributed by atoms with Crippen molar-refractivity contribution in [2.24, 2.45) is 0 Å². The molecule has 2 aromatic heterocycles. The van der Waals surface area contributed by atoms with E-state index in [1.54, 1.807) is 34.3 Å². The van der Waals surface area contributed by atoms with Crippen LogP contribution >= 0.6 is 11.3 Å². The highest BCUT2D eigenvalue weighted by atomic mass is 32.1. The first-order valence-corrected chi connectivity index (χ1v) is 10.1. The second-order valence-corrected chi connectivity index (χ2v) is 7.59. The summed E-state index contributed by atoms with van der Waals surface area (Å²) in [6.07, 6.45) is 2.16. The molecule has 0 aliphatic heterocycles. The first kappa shape index (κ1) is 19.0. The second kappa shape index (κ2) is 7.97. The van der Waals surface area contributed by atoms with E-state index in [4.69, 9.17) is 0 Å². The smallest absolute Gasteiger partial charge is 0.259 e. The number of rotatable bonds is 5. The molecular weight excluding hydrogens is 387 g/mol. The number of benzene rings is 2. The van der Waals surface area contributed by atoms with Gasteiger partial charge in [-0.05, 0) is 49.7 Å². The number of carbonyl (C=O) groups excluding carboxylic acids is 1. The number of anilines is 1. The SMILES string of the molecule is CCc1c(C(=O)Nc2ccc(-c3csc(C)n3)cc2)cnn1-c1ccc(F)cc1. The zero-order chi connectivity index (χ0) is 20.4. The molecule has 1 amide bonds. The van der Waals surface area contributed by atoms with E-state index >= 15 is 0 Å². The summed E-state index contributed by atoms with van der Waals surface area (Å²) in [5.41, 5.74) is 4.61. The van der Waals surface area contributed by atoms with E-state index < -0.39 is 0 Å². The third kappa shape index (κ3) is 3.95. The molecule has 0 spiro atoms. The number of halogens is 1. The Bertz CT molecular complexity index is 1150. The number of thiazole rings is 1. The van der Waals surface area contributed by atoms with E-state index in [2.05, 4.69) is 15.4 Å². The van der Waals surface area contributed by atoms with Crippen LogP contribution in [0.1, 0.15) is 28.0 Å². The highest BCUT2D eigenvalue weighted by Crippen LogP contribution is 2.24. The van der Waals surface area contributed by atoms with E-state index in [0.29, 0.717) is 23.4 Å². The Kier molecular flexibility index (Phi) is 5.22. The monoisotopic (exact) mass is 406 g/mol. The summed E-state index contributed by atoms with van der Waals surface area (Å²) in [6, 6.07) is 13.6. The summed E-state index contributed by atoms with van der Waals surface area (Å²) in [7, 11) is 0. The fourth-order valence-electron chi connectivity index (χ4n) is 3.13. The van der Waals surface area contributed by atoms with Crippen molar-refractivity contribution in [1.82, 2.24) is 14.8 Å². The highest BCUT2D eigenvalue weighted by Gasteiger charge is 2.17. The average molecular weight is 406 g/mol. The predicted molar refractivity (Wildman–Crippen MR) is 113 cm³/mol. The van der Waals surface area contributed by atoms with Crippen LogP contribution in [-0.2, 0) is 6.42 Å². The molecule has 0 saturated carbocycles. The molecular formula is C22H19FN4OS. The molecule has 2 aromatic carbocycles. The molecule has 0 aliphatic carbocycles. The molecule has 4 rings (SSSR count). The van der Waals surface area contributed by atoms with Crippen molar-refractivity contribution >= 4 is 22.9 Å². The summed E-state index contributed by atoms with van der Waals surface area (Å²) in [6.45, 7) is 3.93. The normalized spacial score (nSPS) is 10.9. The number of nitrogens with one attached hydrogen (secondary N) is 1. The lowest BCUT2D eigenvalue weighted by Gasteiger charge is -2.09. The van der Waals surface area contributed by atoms with Crippen LogP contribution in [0.25, 0.3) is 16.9 Å². The van der Waals surface area contributed by atoms with Gasteiger partial charge in [0.15, 0.2) is 0 Å². The molecule has 7 heteroatoms. The first-order valence-electron chi connectivity index (χ1n) is 9.22. The average Bonchev–Trinajstić information content (AvgIpc) is 3.35. The summed E-state index contributed by atoms with van der Waals surface area (Å²) in [4.78, 5) is 17.3. The Morgan fingerprint density at radius 3 is 2.48 bits per heavy atom. The van der Waals surface area contributed by atoms with Gasteiger partial charge in [-0.15, -0.1) is 11.3 Å². The van der Waals surface area contributed by atoms with Crippen LogP contribution in [0.3, 0.4) is 0 Å². The van der Waals surface area contributed by atoms with Gasteiger partial charge in [0.25, 0.3) is 5.91 Å². The quantitative estimate of drug-likeness (QED) is 0.492. The Morgan fingerprint density at radius 2 is 1.86 bits per heavy atom. The maximum atomic E-state index is 13.2. The lowest BCUT2D eigenvalue weighted by atomic mass is 10.1. The van der Waals surface area contributed by atoms with Crippen molar-refractivity contribution < 1.29 is 9.18 Å². The third-order valence-electron chi connectivity index (χ3n) is 4.58. The number of hydrogen-bond donors (Lipinski definition) is 1. The Labute approximate surface area is 171 Å². The molecule has 4 aromatic rings. The van der Waals surface area contributed by atoms with Gasteiger partial charge in [-0.1, -0.05) is 19.1 Å². The van der Waals surface area contributed by atoms with E-state index in [-0.39, 0.29) is 11.7 Å². The molecule has 5 nitrogen and oxygen atoms in total. The molecule has 0 radical (unpaired) electrons. The third-order valence-corrected chi connectivity index (χ3v) is 5.35. The minimum absolute atomic E-state index is 0.229. The van der Waals surface area contributed by atoms with Gasteiger partial charge in [-0.3, -0.25) is 4.79 Å². The number of carbonyl (C=O) groups is 1. The molecule has 0 aliphatic rings. The van der Waals surface area contributed by atoms with Gasteiger partial charge in [0.05, 0.1) is 33.8 Å². The second-order valence-electron chi connectivity index (χ2n) is 6.53. The predicted octanol–water partition coefficient (Wildman–Crippen LogP) is 5.26. The lowest BCUT2D eigenvalue weighted by Crippen LogP contribution is -2.14. The molecule has 1 N–H and O–H groups in total. The minimum atomic E-state index is -0.312. The van der Waals surface area contributed by atoms with Gasteiger partial charge in [0.1, 0.15) is 5.82 Å². The van der Waals surface area contributed by atoms with E-state index in [0.717, 1.165) is 22.0 Å². The largest absolute Gasteiger partial charge is 0.322 e. The van der Waals surface area contributed by atoms with Gasteiger partial charge in [-0.25, -0.2) is 14.1 Å². The molecule has 0 bridgehead atoms. The van der Waals surface area contributed by atoms with Crippen molar-refractivity contribution in [3.63, 3.8) is 0 Å². The van der Waals surface area contributed by atoms with Gasteiger partial charge >= 0.3 is 0 Å². The number of aryl methyl sites for hydroxylation is 1. The first-order chi connectivity index (χ1) is 14.0. The maximum Gasteiger partial charge on any atom is 0.259 e. The minimum Gasteiger partial charge on any atom is -0.322 e. The zero-order valence-electron chi connectivity index (χ0n) is 16.0. The van der Waals surface area contributed by atoms with Crippen LogP contribution in [0.5, 0.6) is 0 Å². The topological polar surface area (TPSA) is 59.8 Å². The molecule has 0 atom stereocenters. The standard InChI is InChI=1S/C22H19FN4OS/c1-3-21-19(12-24-27(21)18-10-6-16(23)7-11-18)22(28)26-17-8-4-15(5-9-17)20-13-29-14(2)25-20/h4-13H,3H2,1-2H3,(H,26,28). The van der Waals surface area contributed by atoms with Crippen LogP contribution in [0, 0.1) is 12.7 Å². The number of nitrogens with zero attached hydrogens (tertiary/aromatic N) is 3. The summed E-state index contributed by atoms with van der Waals surface area (Å²) in [5.74, 6) is -0.541. The molecule has 0 fully saturated rings. The van der Waals surface area contributed by atoms with E-state index in [9.17, 15) is 9.18 Å². The van der Waals surface area contributed by atoms with Crippen molar-refractivity contribution in [3.05, 3.63) is 82.2 Å². The number of aromatic nitrogens is 3. The number of amides is 1. The Balaban J connectivity index is 1.55. The van der Waals surface area contributed by atoms with Gasteiger partial charge in [0.2, 0.25) is 0 Å². The van der Waals surface area contributed by atoms with Crippen LogP contribution in [0.4, 0.5) is 10.1 Å². The molecule has 0 saturated heterocycles. The van der Waals surface area contributed by atoms with Crippen molar-refractivity contribution in [2.45, 2.75) is 20.3 Å². The highest BCUT2D eigenvalue weighted by molar-refractivity contribution is 7.09. The Hall–Kier alpha value is -3.32. The zero-order valence-corrected chi connectivity index (χ0v) is 16.8. The maximum absolute atomic E-state index is 13.2. The van der Waals surface area contributed by atoms with Crippen LogP contribution in [0.15, 0.2) is 60.1 Å². The molecule has 2 heterocycles. The molecule has 29 heavy (non-hydrogen) atoms. The van der Waals surface area contributed by atoms with Gasteiger partial charge in [-0.2, -0.15) is 5.10 Å². The van der Waals surface area contributed by atoms with Crippen LogP contribution in [-0.4, -0.2) is 20.7 Å². The van der Waals surface area contributed by atoms with Gasteiger partial charge < -0.3 is 5.32 Å². The molecule has 146 valence electrons. The summed E-state index contributed by atoms with van der Waals surface area (Å²) in [5, 5.41) is 10.3. The number of hydrogen-bond acceptors (Lipinski definition) is 4. The van der Waals surface area contributed by atoms with Crippen molar-refractivity contribution in [3.8, 4) is 16.9 Å². The Morgan fingerprint density at radius 1 is 1.14 bits per heavy atom. The van der Waals surface area contributed by atoms with E-state index in [1.807, 2.05) is 43.5 Å². The summed E-state index contributed by atoms with van der Waals surface area (Å²) >= 11 is 1.61. The fraction of sp³-hybridized carbons (Fsp3) is 0.136. The fourth-order valence-corrected chi connectivity index (χ4v) is 3.75. The van der Waals surface area contributed by atoms with E-state index in [1.165, 1.54) is 12.1 Å². The van der Waals surface area contributed by atoms with Crippen LogP contribution < -0.4 is 5.32 Å². The van der Waals surface area contributed by atoms with Gasteiger partial charge in [0, 0.05) is 16.6 Å². The summed E-state index contributed by atoms with van der Waals surface area (Å²) < 4.78 is 14.9. The van der Waals surface area contributed by atoms with Crippen molar-refractivity contribution in [1.29, 1.82) is 0 Å². The lowest BCUT2D eigenvalue weighted by molar-refractivity contribution is 0.102.